The molecular weight excluding hydrogens is 1070 g/mol. The summed E-state index contributed by atoms with van der Waals surface area (Å²) in [6.07, 6.45) is 4.68. The molecule has 1 aromatic heterocycles. The minimum absolute atomic E-state index is 0.0174. The number of benzene rings is 1. The quantitative estimate of drug-likeness (QED) is 0.0337. The van der Waals surface area contributed by atoms with Crippen molar-refractivity contribution < 1.29 is 52.7 Å². The molecule has 3 aliphatic rings. The molecule has 18 N–H and O–H groups in total. The fraction of sp³-hybridized carbons (Fsp3) is 0.615. The van der Waals surface area contributed by atoms with E-state index in [9.17, 15) is 47.9 Å². The molecule has 1 aliphatic carbocycles. The second-order valence-electron chi connectivity index (χ2n) is 21.4. The number of aromatic amines is 1. The summed E-state index contributed by atoms with van der Waals surface area (Å²) < 4.78 is -2.10. The highest BCUT2D eigenvalue weighted by atomic mass is 33.1. The van der Waals surface area contributed by atoms with Crippen molar-refractivity contribution in [1.82, 2.24) is 47.1 Å². The van der Waals surface area contributed by atoms with Gasteiger partial charge in [0.15, 0.2) is 5.96 Å². The maximum atomic E-state index is 15.3. The molecule has 8 atom stereocenters. The minimum Gasteiger partial charge on any atom is -0.370 e. The van der Waals surface area contributed by atoms with Gasteiger partial charge in [-0.05, 0) is 76.3 Å². The Bertz CT molecular complexity index is 2640. The Morgan fingerprint density at radius 2 is 1.48 bits per heavy atom. The molecule has 3 heterocycles. The zero-order chi connectivity index (χ0) is 58.9. The third-order valence-electron chi connectivity index (χ3n) is 14.7. The van der Waals surface area contributed by atoms with E-state index in [-0.39, 0.29) is 57.6 Å². The summed E-state index contributed by atoms with van der Waals surface area (Å²) in [6.45, 7) is 6.48. The van der Waals surface area contributed by atoms with E-state index in [1.165, 1.54) is 26.5 Å². The first-order valence-corrected chi connectivity index (χ1v) is 29.2. The Morgan fingerprint density at radius 3 is 2.14 bits per heavy atom. The Balaban J connectivity index is 1.58. The molecule has 2 aromatic rings. The fourth-order valence-corrected chi connectivity index (χ4v) is 13.5. The number of nitrogens with one attached hydrogen (secondary N) is 8. The summed E-state index contributed by atoms with van der Waals surface area (Å²) in [5.41, 5.74) is 28.9. The van der Waals surface area contributed by atoms with Crippen LogP contribution >= 0.6 is 21.6 Å². The van der Waals surface area contributed by atoms with Crippen molar-refractivity contribution in [3.05, 3.63) is 36.0 Å². The summed E-state index contributed by atoms with van der Waals surface area (Å²) >= 11 is 0. The number of hydrogen-bond donors (Lipinski definition) is 13. The predicted molar refractivity (Wildman–Crippen MR) is 302 cm³/mol. The number of aromatic nitrogens is 1. The molecule has 5 rings (SSSR count). The number of para-hydroxylation sites is 1. The van der Waals surface area contributed by atoms with E-state index in [1.807, 2.05) is 24.3 Å². The first-order valence-electron chi connectivity index (χ1n) is 27.0. The monoisotopic (exact) mass is 1150 g/mol. The standard InChI is InChI=1S/C52H79N15O11S2/c1-5-28(2)41-48(77)63-33(17-18-37(53)68)44(73)64-35(24-38(54)69)46(75)66-42(49(78)67-22-12-16-36(67)47(76)62-32(15-11-21-58-50(56)57)43(72)60-27-39(55)70)51(3,4)79-80-52(19-9-6-10-20-52)25-40(71)61-34(45(74)65-41)23-29-26-59-31-14-8-7-13-30(29)31/h7-8,13-14,26,28,32-36,41-42,59H,5-6,9-12,15-25,27H2,1-4H3,(H2,53,68)(H2,54,69)(H2,55,70)(H,60,72)(H,61,71)(H,62,76)(H,63,77)(H,64,73)(H,65,74)(H,66,75)(H4,56,57,58)/t28-,32-,33?,34+,35-,36-,41-,42-/m0/s1. The third-order valence-corrected chi connectivity index (χ3v) is 18.9. The molecule has 3 fully saturated rings. The van der Waals surface area contributed by atoms with Crippen LogP contribution in [0, 0.1) is 5.92 Å². The van der Waals surface area contributed by atoms with Crippen molar-refractivity contribution in [3.8, 4) is 0 Å². The summed E-state index contributed by atoms with van der Waals surface area (Å²) in [4.78, 5) is 161. The molecule has 1 saturated carbocycles. The number of primary amides is 3. The molecule has 80 heavy (non-hydrogen) atoms. The number of H-pyrrole nitrogens is 1. The van der Waals surface area contributed by atoms with Gasteiger partial charge in [-0.25, -0.2) is 0 Å². The van der Waals surface area contributed by atoms with Gasteiger partial charge in [0.25, 0.3) is 0 Å². The molecule has 2 saturated heterocycles. The number of nitrogens with two attached hydrogens (primary N) is 5. The lowest BCUT2D eigenvalue weighted by Gasteiger charge is -2.41. The van der Waals surface area contributed by atoms with Gasteiger partial charge in [-0.1, -0.05) is 79.3 Å². The molecule has 1 spiro atoms. The van der Waals surface area contributed by atoms with E-state index < -0.39 is 142 Å². The van der Waals surface area contributed by atoms with Gasteiger partial charge in [0.1, 0.15) is 42.3 Å². The highest BCUT2D eigenvalue weighted by molar-refractivity contribution is 8.77. The van der Waals surface area contributed by atoms with Gasteiger partial charge in [-0.3, -0.25) is 57.7 Å². The number of guanidine groups is 1. The smallest absolute Gasteiger partial charge is 0.247 e. The molecule has 2 aliphatic heterocycles. The number of nitrogens with zero attached hydrogens (tertiary/aromatic N) is 2. The van der Waals surface area contributed by atoms with Crippen LogP contribution in [0.4, 0.5) is 0 Å². The first kappa shape index (κ1) is 63.7. The lowest BCUT2D eigenvalue weighted by atomic mass is 9.85. The zero-order valence-corrected chi connectivity index (χ0v) is 47.5. The maximum Gasteiger partial charge on any atom is 0.247 e. The highest BCUT2D eigenvalue weighted by Gasteiger charge is 2.48. The van der Waals surface area contributed by atoms with Gasteiger partial charge in [0, 0.05) is 58.9 Å². The van der Waals surface area contributed by atoms with E-state index in [2.05, 4.69) is 47.2 Å². The van der Waals surface area contributed by atoms with Crippen LogP contribution in [-0.2, 0) is 59.2 Å². The van der Waals surface area contributed by atoms with Crippen molar-refractivity contribution in [2.45, 2.75) is 176 Å². The fourth-order valence-electron chi connectivity index (χ4n) is 10.0. The molecular formula is C52H79N15O11S2. The number of aliphatic imine (C=N–C) groups is 1. The maximum absolute atomic E-state index is 15.3. The normalized spacial score (nSPS) is 23.9. The van der Waals surface area contributed by atoms with Crippen molar-refractivity contribution in [1.29, 1.82) is 0 Å². The van der Waals surface area contributed by atoms with Gasteiger partial charge in [-0.15, -0.1) is 0 Å². The molecule has 440 valence electrons. The minimum atomic E-state index is -1.78. The molecule has 26 nitrogen and oxygen atoms in total. The Labute approximate surface area is 472 Å². The van der Waals surface area contributed by atoms with Crippen molar-refractivity contribution in [2.24, 2.45) is 39.6 Å². The molecule has 0 radical (unpaired) electrons. The Hall–Kier alpha value is -7.10. The number of hydrogen-bond acceptors (Lipinski definition) is 14. The second-order valence-corrected chi connectivity index (χ2v) is 24.6. The summed E-state index contributed by atoms with van der Waals surface area (Å²) in [6, 6.07) is -2.35. The van der Waals surface area contributed by atoms with Gasteiger partial charge in [0.05, 0.1) is 13.0 Å². The molecule has 1 unspecified atom stereocenters. The number of amides is 11. The number of likely N-dealkylation sites (tertiary alicyclic amines) is 1. The van der Waals surface area contributed by atoms with E-state index >= 15 is 4.79 Å². The van der Waals surface area contributed by atoms with Gasteiger partial charge < -0.3 is 75.8 Å². The van der Waals surface area contributed by atoms with Gasteiger partial charge in [0.2, 0.25) is 65.0 Å². The van der Waals surface area contributed by atoms with Crippen LogP contribution < -0.4 is 65.9 Å². The summed E-state index contributed by atoms with van der Waals surface area (Å²) in [7, 11) is 2.57. The van der Waals surface area contributed by atoms with Crippen molar-refractivity contribution in [2.75, 3.05) is 19.6 Å². The predicted octanol–water partition coefficient (Wildman–Crippen LogP) is -1.28. The van der Waals surface area contributed by atoms with Crippen LogP contribution in [0.2, 0.25) is 0 Å². The van der Waals surface area contributed by atoms with E-state index in [4.69, 9.17) is 28.7 Å². The largest absolute Gasteiger partial charge is 0.370 e. The van der Waals surface area contributed by atoms with Crippen LogP contribution in [0.1, 0.15) is 123 Å². The average Bonchev–Trinajstić information content (AvgIpc) is 4.16. The van der Waals surface area contributed by atoms with Crippen LogP contribution in [0.5, 0.6) is 0 Å². The van der Waals surface area contributed by atoms with E-state index in [0.29, 0.717) is 31.2 Å². The molecule has 28 heteroatoms. The van der Waals surface area contributed by atoms with Crippen LogP contribution in [0.25, 0.3) is 10.9 Å². The van der Waals surface area contributed by atoms with Crippen LogP contribution in [0.15, 0.2) is 35.5 Å². The zero-order valence-electron chi connectivity index (χ0n) is 45.8. The van der Waals surface area contributed by atoms with Gasteiger partial charge in [-0.2, -0.15) is 0 Å². The van der Waals surface area contributed by atoms with E-state index in [1.54, 1.807) is 33.9 Å². The third kappa shape index (κ3) is 18.2. The number of carbonyl (C=O) groups excluding carboxylic acids is 11. The number of fused-ring (bicyclic) bond motifs is 1. The molecule has 0 bridgehead atoms. The number of carbonyl (C=O) groups is 11. The highest BCUT2D eigenvalue weighted by Crippen LogP contribution is 2.53. The Morgan fingerprint density at radius 1 is 0.800 bits per heavy atom. The van der Waals surface area contributed by atoms with E-state index in [0.717, 1.165) is 30.2 Å². The SMILES string of the molecule is CC[C@H](C)[C@@H]1NC(=O)[C@@H](Cc2c[nH]c3ccccc23)NC(=O)CC2(CCCCC2)SSC(C)(C)[C@H](C(=O)N2CCC[C@H]2C(=O)N[C@@H](CCCN=C(N)N)C(=O)NCC(N)=O)NC(=O)[C@H](CC(N)=O)NC(=O)C(CCC(N)=O)NC1=O. The summed E-state index contributed by atoms with van der Waals surface area (Å²) in [5, 5.41) is 19.6. The lowest BCUT2D eigenvalue weighted by Crippen LogP contribution is -2.64. The van der Waals surface area contributed by atoms with Crippen LogP contribution in [0.3, 0.4) is 0 Å². The molecule has 11 amide bonds. The summed E-state index contributed by atoms with van der Waals surface area (Å²) in [5.74, 6) is -9.71. The average molecular weight is 1150 g/mol. The second kappa shape index (κ2) is 29.4. The Kier molecular flexibility index (Phi) is 23.4. The van der Waals surface area contributed by atoms with Crippen molar-refractivity contribution >= 4 is 103 Å². The lowest BCUT2D eigenvalue weighted by molar-refractivity contribution is -0.143. The van der Waals surface area contributed by atoms with Crippen molar-refractivity contribution in [3.63, 3.8) is 0 Å². The van der Waals surface area contributed by atoms with Crippen LogP contribution in [-0.4, -0.2) is 152 Å². The number of rotatable bonds is 19. The first-order chi connectivity index (χ1) is 37.8. The van der Waals surface area contributed by atoms with Gasteiger partial charge >= 0.3 is 0 Å². The topological polar surface area (TPSA) is 433 Å². The molecule has 1 aromatic carbocycles.